The minimum absolute atomic E-state index is 0.0252. The number of hydrogen-bond donors (Lipinski definition) is 1. The number of amides is 1. The monoisotopic (exact) mass is 517 g/mol. The number of benzene rings is 3. The van der Waals surface area contributed by atoms with Crippen molar-refractivity contribution >= 4 is 27.3 Å². The van der Waals surface area contributed by atoms with Gasteiger partial charge in [0, 0.05) is 17.7 Å². The minimum Gasteiger partial charge on any atom is -0.495 e. The fourth-order valence-electron chi connectivity index (χ4n) is 3.26. The van der Waals surface area contributed by atoms with E-state index in [1.54, 1.807) is 12.1 Å². The highest BCUT2D eigenvalue weighted by Crippen LogP contribution is 2.34. The van der Waals surface area contributed by atoms with E-state index in [9.17, 15) is 27.7 Å². The molecule has 0 aliphatic rings. The number of rotatable bonds is 11. The van der Waals surface area contributed by atoms with Gasteiger partial charge in [-0.3, -0.25) is 19.2 Å². The molecule has 0 aliphatic heterocycles. The van der Waals surface area contributed by atoms with Gasteiger partial charge in [0.2, 0.25) is 10.0 Å². The number of nitrogens with one attached hydrogen (secondary N) is 1. The van der Waals surface area contributed by atoms with Crippen LogP contribution in [-0.4, -0.2) is 45.8 Å². The Hall–Kier alpha value is -4.19. The van der Waals surface area contributed by atoms with E-state index in [1.165, 1.54) is 55.6 Å². The molecule has 12 heteroatoms. The van der Waals surface area contributed by atoms with Crippen LogP contribution in [0.4, 0.5) is 15.8 Å². The summed E-state index contributed by atoms with van der Waals surface area (Å²) in [5.41, 5.74) is 0.636. The third kappa shape index (κ3) is 6.92. The Bertz CT molecular complexity index is 1330. The normalized spacial score (nSPS) is 11.0. The van der Waals surface area contributed by atoms with Gasteiger partial charge in [-0.1, -0.05) is 12.1 Å². The Morgan fingerprint density at radius 2 is 1.75 bits per heavy atom. The van der Waals surface area contributed by atoms with Crippen molar-refractivity contribution < 1.29 is 32.0 Å². The first kappa shape index (κ1) is 26.4. The lowest BCUT2D eigenvalue weighted by Crippen LogP contribution is -2.30. The van der Waals surface area contributed by atoms with Crippen LogP contribution in [0.2, 0.25) is 0 Å². The Labute approximate surface area is 207 Å². The second kappa shape index (κ2) is 11.5. The van der Waals surface area contributed by atoms with E-state index in [4.69, 9.17) is 9.47 Å². The van der Waals surface area contributed by atoms with Gasteiger partial charge in [-0.2, -0.15) is 0 Å². The SMILES string of the molecule is COc1ccc([N+](=O)[O-])cc1N(Cc1ccc(C(=O)NCCOc2ccc(F)cc2)cc1)S(C)(=O)=O. The summed E-state index contributed by atoms with van der Waals surface area (Å²) < 4.78 is 49.6. The fraction of sp³-hybridized carbons (Fsp3) is 0.208. The van der Waals surface area contributed by atoms with Gasteiger partial charge in [-0.25, -0.2) is 12.8 Å². The molecule has 1 amide bonds. The predicted molar refractivity (Wildman–Crippen MR) is 131 cm³/mol. The molecule has 1 N–H and O–H groups in total. The predicted octanol–water partition coefficient (Wildman–Crippen LogP) is 3.52. The third-order valence-corrected chi connectivity index (χ3v) is 6.18. The van der Waals surface area contributed by atoms with E-state index >= 15 is 0 Å². The summed E-state index contributed by atoms with van der Waals surface area (Å²) in [4.78, 5) is 23.0. The van der Waals surface area contributed by atoms with Crippen molar-refractivity contribution in [2.75, 3.05) is 30.8 Å². The number of sulfonamides is 1. The fourth-order valence-corrected chi connectivity index (χ4v) is 4.15. The second-order valence-corrected chi connectivity index (χ2v) is 9.54. The first-order valence-corrected chi connectivity index (χ1v) is 12.5. The van der Waals surface area contributed by atoms with Crippen molar-refractivity contribution in [1.29, 1.82) is 0 Å². The highest BCUT2D eigenvalue weighted by atomic mass is 32.2. The first-order valence-electron chi connectivity index (χ1n) is 10.6. The molecule has 0 radical (unpaired) electrons. The lowest BCUT2D eigenvalue weighted by atomic mass is 10.1. The van der Waals surface area contributed by atoms with Gasteiger partial charge in [0.05, 0.1) is 31.4 Å². The average molecular weight is 518 g/mol. The first-order chi connectivity index (χ1) is 17.1. The lowest BCUT2D eigenvalue weighted by Gasteiger charge is -2.24. The quantitative estimate of drug-likeness (QED) is 0.234. The zero-order valence-corrected chi connectivity index (χ0v) is 20.3. The van der Waals surface area contributed by atoms with Crippen molar-refractivity contribution in [1.82, 2.24) is 5.32 Å². The van der Waals surface area contributed by atoms with Gasteiger partial charge < -0.3 is 14.8 Å². The molecule has 0 atom stereocenters. The molecule has 0 aliphatic carbocycles. The smallest absolute Gasteiger partial charge is 0.271 e. The third-order valence-electron chi connectivity index (χ3n) is 5.05. The molecular weight excluding hydrogens is 493 g/mol. The maximum absolute atomic E-state index is 12.9. The van der Waals surface area contributed by atoms with Gasteiger partial charge in [0.25, 0.3) is 11.6 Å². The summed E-state index contributed by atoms with van der Waals surface area (Å²) in [6, 6.07) is 15.5. The van der Waals surface area contributed by atoms with E-state index in [1.807, 2.05) is 0 Å². The van der Waals surface area contributed by atoms with Crippen molar-refractivity contribution in [2.24, 2.45) is 0 Å². The molecule has 36 heavy (non-hydrogen) atoms. The van der Waals surface area contributed by atoms with E-state index in [-0.39, 0.29) is 48.5 Å². The Morgan fingerprint density at radius 3 is 2.33 bits per heavy atom. The van der Waals surface area contributed by atoms with Crippen LogP contribution < -0.4 is 19.1 Å². The molecule has 0 heterocycles. The number of methoxy groups -OCH3 is 1. The molecule has 0 saturated carbocycles. The summed E-state index contributed by atoms with van der Waals surface area (Å²) in [6.07, 6.45) is 0.987. The highest BCUT2D eigenvalue weighted by Gasteiger charge is 2.24. The van der Waals surface area contributed by atoms with Crippen LogP contribution in [0.1, 0.15) is 15.9 Å². The van der Waals surface area contributed by atoms with Crippen LogP contribution in [0, 0.1) is 15.9 Å². The number of non-ortho nitro benzene ring substituents is 1. The number of carbonyl (C=O) groups excluding carboxylic acids is 1. The molecule has 0 unspecified atom stereocenters. The van der Waals surface area contributed by atoms with Crippen LogP contribution in [0.3, 0.4) is 0 Å². The van der Waals surface area contributed by atoms with Crippen LogP contribution in [-0.2, 0) is 16.6 Å². The Kier molecular flexibility index (Phi) is 8.43. The number of nitrogens with zero attached hydrogens (tertiary/aromatic N) is 2. The number of nitro benzene ring substituents is 1. The minimum atomic E-state index is -3.84. The lowest BCUT2D eigenvalue weighted by molar-refractivity contribution is -0.384. The van der Waals surface area contributed by atoms with Gasteiger partial charge in [0.1, 0.15) is 29.6 Å². The summed E-state index contributed by atoms with van der Waals surface area (Å²) in [7, 11) is -2.50. The molecular formula is C24H24FN3O7S. The number of hydrogen-bond acceptors (Lipinski definition) is 7. The van der Waals surface area contributed by atoms with E-state index in [0.717, 1.165) is 16.6 Å². The van der Waals surface area contributed by atoms with E-state index < -0.39 is 14.9 Å². The molecule has 190 valence electrons. The topological polar surface area (TPSA) is 128 Å². The van der Waals surface area contributed by atoms with Gasteiger partial charge in [0.15, 0.2) is 0 Å². The Balaban J connectivity index is 1.67. The van der Waals surface area contributed by atoms with Crippen LogP contribution in [0.5, 0.6) is 11.5 Å². The zero-order chi connectivity index (χ0) is 26.3. The maximum atomic E-state index is 12.9. The van der Waals surface area contributed by atoms with Crippen molar-refractivity contribution in [3.05, 3.63) is 93.8 Å². The maximum Gasteiger partial charge on any atom is 0.271 e. The van der Waals surface area contributed by atoms with Gasteiger partial charge >= 0.3 is 0 Å². The molecule has 3 aromatic carbocycles. The average Bonchev–Trinajstić information content (AvgIpc) is 2.85. The highest BCUT2D eigenvalue weighted by molar-refractivity contribution is 7.92. The number of carbonyl (C=O) groups is 1. The molecule has 0 fully saturated rings. The second-order valence-electron chi connectivity index (χ2n) is 7.64. The number of halogens is 1. The molecule has 0 bridgehead atoms. The van der Waals surface area contributed by atoms with Crippen molar-refractivity contribution in [3.8, 4) is 11.5 Å². The standard InChI is InChI=1S/C24H24FN3O7S/c1-34-23-12-9-20(28(30)31)15-22(23)27(36(2,32)33)16-17-3-5-18(6-4-17)24(29)26-13-14-35-21-10-7-19(25)8-11-21/h3-12,15H,13-14,16H2,1-2H3,(H,26,29). The van der Waals surface area contributed by atoms with Gasteiger partial charge in [-0.05, 0) is 48.0 Å². The van der Waals surface area contributed by atoms with Crippen molar-refractivity contribution in [3.63, 3.8) is 0 Å². The number of ether oxygens (including phenoxy) is 2. The van der Waals surface area contributed by atoms with Gasteiger partial charge in [-0.15, -0.1) is 0 Å². The Morgan fingerprint density at radius 1 is 1.08 bits per heavy atom. The van der Waals surface area contributed by atoms with Crippen LogP contribution >= 0.6 is 0 Å². The van der Waals surface area contributed by atoms with Crippen LogP contribution in [0.15, 0.2) is 66.7 Å². The van der Waals surface area contributed by atoms with E-state index in [2.05, 4.69) is 5.32 Å². The number of nitro groups is 1. The zero-order valence-electron chi connectivity index (χ0n) is 19.5. The summed E-state index contributed by atoms with van der Waals surface area (Å²) in [5.74, 6) is -0.0942. The summed E-state index contributed by atoms with van der Waals surface area (Å²) in [6.45, 7) is 0.264. The molecule has 0 aromatic heterocycles. The largest absolute Gasteiger partial charge is 0.495 e. The number of anilines is 1. The van der Waals surface area contributed by atoms with E-state index in [0.29, 0.717) is 16.9 Å². The molecule has 10 nitrogen and oxygen atoms in total. The molecule has 0 spiro atoms. The summed E-state index contributed by atoms with van der Waals surface area (Å²) >= 11 is 0. The summed E-state index contributed by atoms with van der Waals surface area (Å²) in [5, 5.41) is 13.9. The molecule has 3 rings (SSSR count). The van der Waals surface area contributed by atoms with Crippen LogP contribution in [0.25, 0.3) is 0 Å². The molecule has 3 aromatic rings. The molecule has 0 saturated heterocycles. The van der Waals surface area contributed by atoms with Crippen molar-refractivity contribution in [2.45, 2.75) is 6.54 Å².